The van der Waals surface area contributed by atoms with Crippen LogP contribution in [-0.2, 0) is 0 Å². The third-order valence-electron chi connectivity index (χ3n) is 29.9. The molecule has 0 saturated carbocycles. The molecule has 0 atom stereocenters. The normalized spacial score (nSPS) is 11.8. The molecule has 0 amide bonds. The van der Waals surface area contributed by atoms with Gasteiger partial charge in [0.25, 0.3) is 0 Å². The molecule has 0 aliphatic rings. The summed E-state index contributed by atoms with van der Waals surface area (Å²) in [6, 6.07) is 194. The lowest BCUT2D eigenvalue weighted by Crippen LogP contribution is -1.97. The molecule has 0 unspecified atom stereocenters. The van der Waals surface area contributed by atoms with Gasteiger partial charge in [-0.1, -0.05) is 449 Å². The minimum absolute atomic E-state index is 1.18. The number of fused-ring (bicyclic) bond motifs is 24. The van der Waals surface area contributed by atoms with Crippen molar-refractivity contribution >= 4 is 195 Å². The fourth-order valence-corrected chi connectivity index (χ4v) is 23.7. The van der Waals surface area contributed by atoms with Crippen LogP contribution in [0.4, 0.5) is 0 Å². The average molecular weight is 1790 g/mol. The first kappa shape index (κ1) is 80.9. The van der Waals surface area contributed by atoms with Crippen LogP contribution >= 0.6 is 0 Å². The van der Waals surface area contributed by atoms with Crippen LogP contribution in [0.15, 0.2) is 528 Å². The minimum atomic E-state index is 1.18. The van der Waals surface area contributed by atoms with Crippen molar-refractivity contribution in [2.75, 3.05) is 0 Å². The molecular weight excluding hydrogens is 1700 g/mol. The average Bonchev–Trinajstić information content (AvgIpc) is 1.72. The molecule has 0 radical (unpaired) electrons. The van der Waals surface area contributed by atoms with Gasteiger partial charge in [0.1, 0.15) is 0 Å². The maximum Gasteiger partial charge on any atom is 0.0541 e. The van der Waals surface area contributed by atoms with Crippen molar-refractivity contribution in [3.63, 3.8) is 0 Å². The zero-order chi connectivity index (χ0) is 92.7. The fourth-order valence-electron chi connectivity index (χ4n) is 23.7. The number of para-hydroxylation sites is 4. The summed E-state index contributed by atoms with van der Waals surface area (Å²) in [6.07, 6.45) is 0. The Hall–Kier alpha value is -18.5. The first-order valence-electron chi connectivity index (χ1n) is 48.8. The van der Waals surface area contributed by atoms with Gasteiger partial charge in [0, 0.05) is 48.5 Å². The monoisotopic (exact) mass is 1790 g/mol. The van der Waals surface area contributed by atoms with Crippen LogP contribution in [0.1, 0.15) is 0 Å². The lowest BCUT2D eigenvalue weighted by atomic mass is 9.83. The SMILES string of the molecule is c1ccc(-c2c3ccccc3c(-c3ccc(-n4c5ccccc5c5ccccc54)c4ccccc34)c3ccc4ccccc4c23)cc1.c1ccc(-c2ccc3c(c2)c2cc(-c4ccccc4)ccc2n3-c2ccc(-c3c4ccccc4cc4c3ccc3ccccc34)c3ccccc23)cc1.c1ccc2c(-c3ccc(-n4c5ccccc5c5ccccc54)c4ccccc34)c3ccc4ccccc4c3cc2c1. The second-order valence-corrected chi connectivity index (χ2v) is 37.4. The van der Waals surface area contributed by atoms with Gasteiger partial charge in [0.2, 0.25) is 0 Å². The highest BCUT2D eigenvalue weighted by molar-refractivity contribution is 6.31. The van der Waals surface area contributed by atoms with Crippen molar-refractivity contribution in [2.24, 2.45) is 0 Å². The molecule has 3 nitrogen and oxygen atoms in total. The number of hydrogen-bond acceptors (Lipinski definition) is 0. The van der Waals surface area contributed by atoms with Gasteiger partial charge in [-0.25, -0.2) is 0 Å². The van der Waals surface area contributed by atoms with Crippen molar-refractivity contribution in [1.29, 1.82) is 0 Å². The maximum atomic E-state index is 2.48. The standard InChI is InChI=1S/C52H33N.C46H29N.C40H25N/c1-3-13-34(14-4-1)37-24-28-50-47(31-37)48-32-38(35-15-5-2-6-16-35)25-29-51(48)53(50)49-30-27-44(42-21-11-12-22-43(42)49)52-41-20-10-8-18-39(41)33-46-40-19-9-7-17-36(40)23-26-45(46)52;1-2-15-31(16-3-1)44-37-22-8-9-23-38(37)45(40-27-26-30-14-4-5-17-32(30)46(40)44)39-28-29-43(34-19-7-6-18-33(34)39)47-41-24-12-10-20-35(41)36-21-11-13-25-42(36)47;1-3-13-28-26(11-1)21-22-35-36(28)25-27-12-2-4-14-29(27)40(35)34-23-24-39(31-16-6-5-15-30(31)34)41-37-19-9-7-17-32(37)33-18-8-10-20-38(33)41/h1-33H;1-29H;1-25H. The molecule has 3 heteroatoms. The number of hydrogen-bond donors (Lipinski definition) is 0. The van der Waals surface area contributed by atoms with Gasteiger partial charge < -0.3 is 13.7 Å². The zero-order valence-electron chi connectivity index (χ0n) is 77.1. The van der Waals surface area contributed by atoms with Gasteiger partial charge in [0.15, 0.2) is 0 Å². The molecule has 0 aliphatic carbocycles. The molecule has 141 heavy (non-hydrogen) atoms. The highest BCUT2D eigenvalue weighted by atomic mass is 15.0. The fraction of sp³-hybridized carbons (Fsp3) is 0. The first-order chi connectivity index (χ1) is 70.0. The highest BCUT2D eigenvalue weighted by Crippen LogP contribution is 2.52. The number of benzene rings is 27. The van der Waals surface area contributed by atoms with E-state index in [1.54, 1.807) is 0 Å². The Morgan fingerprint density at radius 2 is 0.362 bits per heavy atom. The lowest BCUT2D eigenvalue weighted by molar-refractivity contribution is 1.20. The number of rotatable bonds is 9. The van der Waals surface area contributed by atoms with E-state index in [0.29, 0.717) is 0 Å². The molecular formula is C138H87N3. The summed E-state index contributed by atoms with van der Waals surface area (Å²) < 4.78 is 7.36. The van der Waals surface area contributed by atoms with E-state index < -0.39 is 0 Å². The molecule has 0 spiro atoms. The summed E-state index contributed by atoms with van der Waals surface area (Å²) in [4.78, 5) is 0. The van der Waals surface area contributed by atoms with E-state index >= 15 is 0 Å². The van der Waals surface area contributed by atoms with Crippen LogP contribution in [0, 0.1) is 0 Å². The molecule has 0 saturated heterocycles. The van der Waals surface area contributed by atoms with E-state index in [-0.39, 0.29) is 0 Å². The number of aromatic nitrogens is 3. The Kier molecular flexibility index (Phi) is 19.0. The van der Waals surface area contributed by atoms with Gasteiger partial charge >= 0.3 is 0 Å². The Balaban J connectivity index is 0.000000104. The molecule has 30 rings (SSSR count). The summed E-state index contributed by atoms with van der Waals surface area (Å²) in [6.45, 7) is 0. The highest BCUT2D eigenvalue weighted by Gasteiger charge is 2.27. The summed E-state index contributed by atoms with van der Waals surface area (Å²) >= 11 is 0. The quantitative estimate of drug-likeness (QED) is 0.101. The van der Waals surface area contributed by atoms with E-state index in [2.05, 4.69) is 541 Å². The smallest absolute Gasteiger partial charge is 0.0541 e. The van der Waals surface area contributed by atoms with Crippen molar-refractivity contribution in [3.05, 3.63) is 528 Å². The summed E-state index contributed by atoms with van der Waals surface area (Å²) in [5.74, 6) is 0. The Morgan fingerprint density at radius 3 is 0.738 bits per heavy atom. The van der Waals surface area contributed by atoms with Crippen LogP contribution in [0.3, 0.4) is 0 Å². The molecule has 0 bridgehead atoms. The summed E-state index contributed by atoms with van der Waals surface area (Å²) in [5.41, 5.74) is 25.9. The molecule has 0 aliphatic heterocycles. The maximum absolute atomic E-state index is 2.48. The third kappa shape index (κ3) is 13.0. The second kappa shape index (κ2) is 33.2. The topological polar surface area (TPSA) is 14.8 Å². The molecule has 0 fully saturated rings. The van der Waals surface area contributed by atoms with E-state index in [0.717, 1.165) is 0 Å². The third-order valence-corrected chi connectivity index (χ3v) is 29.9. The summed E-state index contributed by atoms with van der Waals surface area (Å²) in [5, 5.41) is 38.1. The van der Waals surface area contributed by atoms with Gasteiger partial charge in [-0.15, -0.1) is 0 Å². The van der Waals surface area contributed by atoms with Crippen LogP contribution in [0.5, 0.6) is 0 Å². The van der Waals surface area contributed by atoms with E-state index in [9.17, 15) is 0 Å². The van der Waals surface area contributed by atoms with Gasteiger partial charge in [-0.2, -0.15) is 0 Å². The van der Waals surface area contributed by atoms with Crippen LogP contribution < -0.4 is 0 Å². The Labute approximate surface area is 814 Å². The van der Waals surface area contributed by atoms with Crippen LogP contribution in [0.25, 0.3) is 279 Å². The Morgan fingerprint density at radius 1 is 0.106 bits per heavy atom. The summed E-state index contributed by atoms with van der Waals surface area (Å²) in [7, 11) is 0. The van der Waals surface area contributed by atoms with Gasteiger partial charge in [0.05, 0.1) is 50.2 Å². The Bertz CT molecular complexity index is 10200. The van der Waals surface area contributed by atoms with Crippen molar-refractivity contribution in [1.82, 2.24) is 13.7 Å². The van der Waals surface area contributed by atoms with E-state index in [4.69, 9.17) is 0 Å². The minimum Gasteiger partial charge on any atom is -0.309 e. The van der Waals surface area contributed by atoms with Crippen LogP contribution in [0.2, 0.25) is 0 Å². The van der Waals surface area contributed by atoms with E-state index in [1.807, 2.05) is 0 Å². The first-order valence-corrected chi connectivity index (χ1v) is 48.8. The molecule has 27 aromatic carbocycles. The van der Waals surface area contributed by atoms with Crippen LogP contribution in [-0.4, -0.2) is 13.7 Å². The molecule has 654 valence electrons. The zero-order valence-corrected chi connectivity index (χ0v) is 77.1. The second-order valence-electron chi connectivity index (χ2n) is 37.4. The number of nitrogens with zero attached hydrogens (tertiary/aromatic N) is 3. The largest absolute Gasteiger partial charge is 0.309 e. The van der Waals surface area contributed by atoms with Crippen molar-refractivity contribution in [3.8, 4) is 83.8 Å². The molecule has 3 heterocycles. The molecule has 30 aromatic rings. The predicted octanol–water partition coefficient (Wildman–Crippen LogP) is 38.2. The van der Waals surface area contributed by atoms with Crippen molar-refractivity contribution < 1.29 is 0 Å². The van der Waals surface area contributed by atoms with Gasteiger partial charge in [-0.05, 0) is 259 Å². The predicted molar refractivity (Wildman–Crippen MR) is 605 cm³/mol. The molecule has 3 aromatic heterocycles. The molecule has 0 N–H and O–H groups in total. The lowest BCUT2D eigenvalue weighted by Gasteiger charge is -2.21. The van der Waals surface area contributed by atoms with Crippen molar-refractivity contribution in [2.45, 2.75) is 0 Å². The van der Waals surface area contributed by atoms with Gasteiger partial charge in [-0.3, -0.25) is 0 Å². The van der Waals surface area contributed by atoms with E-state index in [1.165, 1.54) is 279 Å².